The number of nitrogens with one attached hydrogen (secondary N) is 2. The summed E-state index contributed by atoms with van der Waals surface area (Å²) in [7, 11) is 0. The third-order valence-electron chi connectivity index (χ3n) is 3.59. The number of urea groups is 1. The van der Waals surface area contributed by atoms with E-state index in [1.807, 2.05) is 35.2 Å². The fourth-order valence-corrected chi connectivity index (χ4v) is 2.47. The van der Waals surface area contributed by atoms with Crippen molar-refractivity contribution < 1.29 is 14.3 Å². The number of ether oxygens (including phenoxy) is 1. The Hall–Kier alpha value is -2.08. The van der Waals surface area contributed by atoms with Crippen LogP contribution in [-0.4, -0.2) is 49.2 Å². The molecule has 1 aromatic carbocycles. The zero-order chi connectivity index (χ0) is 16.7. The topological polar surface area (TPSA) is 70.7 Å². The molecule has 0 aromatic heterocycles. The predicted molar refractivity (Wildman–Crippen MR) is 87.8 cm³/mol. The number of rotatable bonds is 6. The van der Waals surface area contributed by atoms with Gasteiger partial charge in [-0.2, -0.15) is 0 Å². The lowest BCUT2D eigenvalue weighted by molar-refractivity contribution is -0.149. The molecule has 1 aliphatic heterocycles. The van der Waals surface area contributed by atoms with Gasteiger partial charge in [-0.3, -0.25) is 4.79 Å². The number of hydrogen-bond acceptors (Lipinski definition) is 3. The van der Waals surface area contributed by atoms with Crippen molar-refractivity contribution in [2.75, 3.05) is 26.2 Å². The van der Waals surface area contributed by atoms with Crippen molar-refractivity contribution in [3.8, 4) is 0 Å². The number of carbonyl (C=O) groups excluding carboxylic acids is 2. The Morgan fingerprint density at radius 1 is 1.30 bits per heavy atom. The summed E-state index contributed by atoms with van der Waals surface area (Å²) in [4.78, 5) is 25.4. The third-order valence-corrected chi connectivity index (χ3v) is 3.59. The van der Waals surface area contributed by atoms with Gasteiger partial charge in [0.15, 0.2) is 0 Å². The van der Waals surface area contributed by atoms with Crippen LogP contribution in [-0.2, 0) is 16.1 Å². The Morgan fingerprint density at radius 2 is 2.04 bits per heavy atom. The van der Waals surface area contributed by atoms with Crippen LogP contribution in [0.3, 0.4) is 0 Å². The highest BCUT2D eigenvalue weighted by molar-refractivity contribution is 5.78. The van der Waals surface area contributed by atoms with Crippen LogP contribution >= 0.6 is 0 Å². The van der Waals surface area contributed by atoms with Gasteiger partial charge in [-0.05, 0) is 11.5 Å². The summed E-state index contributed by atoms with van der Waals surface area (Å²) >= 11 is 0. The van der Waals surface area contributed by atoms with E-state index in [1.54, 1.807) is 0 Å². The summed E-state index contributed by atoms with van der Waals surface area (Å²) in [6.07, 6.45) is -0.158. The average Bonchev–Trinajstić information content (AvgIpc) is 2.54. The summed E-state index contributed by atoms with van der Waals surface area (Å²) < 4.78 is 5.48. The van der Waals surface area contributed by atoms with Crippen molar-refractivity contribution in [1.82, 2.24) is 15.5 Å². The lowest BCUT2D eigenvalue weighted by Crippen LogP contribution is -2.52. The maximum Gasteiger partial charge on any atom is 0.315 e. The highest BCUT2D eigenvalue weighted by Gasteiger charge is 2.26. The fraction of sp³-hybridized carbons (Fsp3) is 0.529. The molecule has 23 heavy (non-hydrogen) atoms. The van der Waals surface area contributed by atoms with Crippen LogP contribution in [0.2, 0.25) is 0 Å². The first-order valence-corrected chi connectivity index (χ1v) is 7.99. The fourth-order valence-electron chi connectivity index (χ4n) is 2.47. The number of nitrogens with zero attached hydrogens (tertiary/aromatic N) is 1. The van der Waals surface area contributed by atoms with E-state index >= 15 is 0 Å². The quantitative estimate of drug-likeness (QED) is 0.832. The average molecular weight is 319 g/mol. The normalized spacial score (nSPS) is 18.1. The van der Waals surface area contributed by atoms with Crippen molar-refractivity contribution in [2.24, 2.45) is 5.92 Å². The van der Waals surface area contributed by atoms with Gasteiger partial charge in [0.2, 0.25) is 5.91 Å². The molecule has 6 heteroatoms. The summed E-state index contributed by atoms with van der Waals surface area (Å²) in [5.74, 6) is 0.434. The standard InChI is InChI=1S/C17H25N3O3/c1-13(2)10-20-11-15(23-12-16(20)21)9-19-17(22)18-8-14-6-4-3-5-7-14/h3-7,13,15H,8-12H2,1-2H3,(H2,18,19,22). The van der Waals surface area contributed by atoms with Crippen LogP contribution in [0.25, 0.3) is 0 Å². The van der Waals surface area contributed by atoms with Gasteiger partial charge in [0, 0.05) is 26.2 Å². The Kier molecular flexibility index (Phi) is 6.40. The molecule has 2 rings (SSSR count). The first-order chi connectivity index (χ1) is 11.0. The Bertz CT molecular complexity index is 519. The van der Waals surface area contributed by atoms with Gasteiger partial charge in [-0.15, -0.1) is 0 Å². The highest BCUT2D eigenvalue weighted by atomic mass is 16.5. The zero-order valence-electron chi connectivity index (χ0n) is 13.7. The molecule has 1 atom stereocenters. The number of amides is 3. The molecule has 0 bridgehead atoms. The molecule has 0 spiro atoms. The molecule has 0 aliphatic carbocycles. The Balaban J connectivity index is 1.70. The van der Waals surface area contributed by atoms with E-state index < -0.39 is 0 Å². The molecule has 1 aliphatic rings. The van der Waals surface area contributed by atoms with Crippen molar-refractivity contribution in [3.63, 3.8) is 0 Å². The van der Waals surface area contributed by atoms with Gasteiger partial charge in [0.25, 0.3) is 0 Å². The minimum atomic E-state index is -0.232. The molecular formula is C17H25N3O3. The van der Waals surface area contributed by atoms with Gasteiger partial charge in [0.1, 0.15) is 6.61 Å². The molecule has 0 saturated carbocycles. The molecule has 1 aromatic rings. The lowest BCUT2D eigenvalue weighted by Gasteiger charge is -2.33. The molecule has 6 nitrogen and oxygen atoms in total. The van der Waals surface area contributed by atoms with Gasteiger partial charge in [-0.1, -0.05) is 44.2 Å². The second-order valence-corrected chi connectivity index (χ2v) is 6.17. The summed E-state index contributed by atoms with van der Waals surface area (Å²) in [5.41, 5.74) is 1.05. The third kappa shape index (κ3) is 5.90. The largest absolute Gasteiger partial charge is 0.365 e. The predicted octanol–water partition coefficient (Wildman–Crippen LogP) is 1.37. The summed E-state index contributed by atoms with van der Waals surface area (Å²) in [5, 5.41) is 5.60. The Labute approximate surface area is 137 Å². The van der Waals surface area contributed by atoms with Gasteiger partial charge >= 0.3 is 6.03 Å². The second kappa shape index (κ2) is 8.53. The van der Waals surface area contributed by atoms with Crippen molar-refractivity contribution in [1.29, 1.82) is 0 Å². The lowest BCUT2D eigenvalue weighted by atomic mass is 10.1. The number of morpholine rings is 1. The van der Waals surface area contributed by atoms with Gasteiger partial charge < -0.3 is 20.3 Å². The smallest absolute Gasteiger partial charge is 0.315 e. The molecule has 2 N–H and O–H groups in total. The summed E-state index contributed by atoms with van der Waals surface area (Å²) in [6.45, 7) is 6.36. The van der Waals surface area contributed by atoms with E-state index in [2.05, 4.69) is 24.5 Å². The molecule has 1 unspecified atom stereocenters. The van der Waals surface area contributed by atoms with Crippen LogP contribution in [0.4, 0.5) is 4.79 Å². The monoisotopic (exact) mass is 319 g/mol. The van der Waals surface area contributed by atoms with Gasteiger partial charge in [-0.25, -0.2) is 4.79 Å². The van der Waals surface area contributed by atoms with Crippen LogP contribution in [0.15, 0.2) is 30.3 Å². The maximum atomic E-state index is 11.8. The van der Waals surface area contributed by atoms with Crippen LogP contribution in [0.5, 0.6) is 0 Å². The van der Waals surface area contributed by atoms with Crippen LogP contribution < -0.4 is 10.6 Å². The molecule has 3 amide bonds. The number of benzene rings is 1. The first-order valence-electron chi connectivity index (χ1n) is 7.99. The van der Waals surface area contributed by atoms with E-state index in [4.69, 9.17) is 4.74 Å². The molecule has 0 radical (unpaired) electrons. The minimum Gasteiger partial charge on any atom is -0.365 e. The van der Waals surface area contributed by atoms with Crippen molar-refractivity contribution in [2.45, 2.75) is 26.5 Å². The van der Waals surface area contributed by atoms with Crippen molar-refractivity contribution in [3.05, 3.63) is 35.9 Å². The highest BCUT2D eigenvalue weighted by Crippen LogP contribution is 2.08. The van der Waals surface area contributed by atoms with Gasteiger partial charge in [0.05, 0.1) is 6.10 Å². The van der Waals surface area contributed by atoms with Crippen molar-refractivity contribution >= 4 is 11.9 Å². The van der Waals surface area contributed by atoms with Crippen LogP contribution in [0, 0.1) is 5.92 Å². The van der Waals surface area contributed by atoms with E-state index in [0.29, 0.717) is 25.6 Å². The first kappa shape index (κ1) is 17.3. The zero-order valence-corrected chi connectivity index (χ0v) is 13.7. The molecule has 1 saturated heterocycles. The Morgan fingerprint density at radius 3 is 2.74 bits per heavy atom. The molecule has 1 heterocycles. The number of carbonyl (C=O) groups is 2. The van der Waals surface area contributed by atoms with Crippen LogP contribution in [0.1, 0.15) is 19.4 Å². The molecular weight excluding hydrogens is 294 g/mol. The van der Waals surface area contributed by atoms with E-state index in [9.17, 15) is 9.59 Å². The van der Waals surface area contributed by atoms with E-state index in [1.165, 1.54) is 0 Å². The van der Waals surface area contributed by atoms with E-state index in [0.717, 1.165) is 12.1 Å². The second-order valence-electron chi connectivity index (χ2n) is 6.17. The molecule has 1 fully saturated rings. The minimum absolute atomic E-state index is 0.0171. The number of hydrogen-bond donors (Lipinski definition) is 2. The SMILES string of the molecule is CC(C)CN1CC(CNC(=O)NCc2ccccc2)OCC1=O. The molecule has 126 valence electrons. The maximum absolute atomic E-state index is 11.8. The summed E-state index contributed by atoms with van der Waals surface area (Å²) in [6, 6.07) is 9.49. The van der Waals surface area contributed by atoms with E-state index in [-0.39, 0.29) is 24.6 Å².